The van der Waals surface area contributed by atoms with Crippen molar-refractivity contribution in [1.29, 1.82) is 0 Å². The van der Waals surface area contributed by atoms with Crippen LogP contribution in [0.3, 0.4) is 0 Å². The smallest absolute Gasteiger partial charge is 0.122 e. The maximum Gasteiger partial charge on any atom is 0.122 e. The molecule has 0 fully saturated rings. The molecule has 0 atom stereocenters. The molecule has 1 N–H and O–H groups in total. The van der Waals surface area contributed by atoms with E-state index in [9.17, 15) is 0 Å². The molecule has 1 aromatic rings. The Hall–Kier alpha value is -0.360. The lowest BCUT2D eigenvalue weighted by Crippen LogP contribution is -2.15. The quantitative estimate of drug-likeness (QED) is 0.445. The van der Waals surface area contributed by atoms with Crippen LogP contribution in [0.4, 0.5) is 0 Å². The first-order valence-electron chi connectivity index (χ1n) is 6.04. The summed E-state index contributed by atoms with van der Waals surface area (Å²) in [6.07, 6.45) is 3.87. The van der Waals surface area contributed by atoms with Crippen molar-refractivity contribution >= 4 is 22.6 Å². The van der Waals surface area contributed by atoms with Crippen LogP contribution in [0.5, 0.6) is 5.75 Å². The lowest BCUT2D eigenvalue weighted by molar-refractivity contribution is 0.412. The highest BCUT2D eigenvalue weighted by molar-refractivity contribution is 14.1. The summed E-state index contributed by atoms with van der Waals surface area (Å²) in [7, 11) is 1.69. The van der Waals surface area contributed by atoms with Crippen LogP contribution < -0.4 is 10.1 Å². The maximum absolute atomic E-state index is 5.23. The molecule has 0 saturated heterocycles. The number of methoxy groups -OCH3 is 1. The Morgan fingerprint density at radius 2 is 2.12 bits per heavy atom. The normalized spacial score (nSPS) is 10.5. The van der Waals surface area contributed by atoms with Crippen LogP contribution in [0.25, 0.3) is 0 Å². The number of nitrogens with one attached hydrogen (secondary N) is 1. The van der Waals surface area contributed by atoms with E-state index < -0.39 is 0 Å². The molecule has 96 valence electrons. The van der Waals surface area contributed by atoms with Gasteiger partial charge in [0.2, 0.25) is 0 Å². The molecule has 0 aliphatic heterocycles. The Labute approximate surface area is 117 Å². The van der Waals surface area contributed by atoms with Crippen LogP contribution in [0.1, 0.15) is 30.7 Å². The molecule has 0 aromatic carbocycles. The van der Waals surface area contributed by atoms with Crippen molar-refractivity contribution in [2.24, 2.45) is 0 Å². The highest BCUT2D eigenvalue weighted by atomic mass is 127. The van der Waals surface area contributed by atoms with Gasteiger partial charge in [-0.3, -0.25) is 4.98 Å². The van der Waals surface area contributed by atoms with Crippen molar-refractivity contribution in [3.63, 3.8) is 0 Å². The number of ether oxygens (including phenoxy) is 1. The van der Waals surface area contributed by atoms with Gasteiger partial charge < -0.3 is 10.1 Å². The number of pyridine rings is 1. The maximum atomic E-state index is 5.23. The fraction of sp³-hybridized carbons (Fsp3) is 0.615. The summed E-state index contributed by atoms with van der Waals surface area (Å²) in [4.78, 5) is 4.47. The molecular weight excluding hydrogens is 327 g/mol. The Kier molecular flexibility index (Phi) is 7.51. The van der Waals surface area contributed by atoms with E-state index in [1.165, 1.54) is 23.7 Å². The van der Waals surface area contributed by atoms with Gasteiger partial charge >= 0.3 is 0 Å². The van der Waals surface area contributed by atoms with Crippen molar-refractivity contribution in [1.82, 2.24) is 10.3 Å². The van der Waals surface area contributed by atoms with E-state index in [1.54, 1.807) is 7.11 Å². The van der Waals surface area contributed by atoms with Gasteiger partial charge in [-0.1, -0.05) is 29.0 Å². The summed E-state index contributed by atoms with van der Waals surface area (Å²) < 4.78 is 6.48. The average molecular weight is 348 g/mol. The number of alkyl halides is 1. The molecule has 1 heterocycles. The predicted octanol–water partition coefficient (Wildman–Crippen LogP) is 3.09. The fourth-order valence-electron chi connectivity index (χ4n) is 1.65. The third kappa shape index (κ3) is 6.21. The molecule has 0 unspecified atom stereocenters. The standard InChI is InChI=1S/C13H21IN2O/c1-11-8-13(17-2)9-12(16-11)10-15-7-5-3-4-6-14/h8-9,15H,3-7,10H2,1-2H3. The van der Waals surface area contributed by atoms with E-state index >= 15 is 0 Å². The lowest BCUT2D eigenvalue weighted by Gasteiger charge is -2.07. The van der Waals surface area contributed by atoms with E-state index in [4.69, 9.17) is 4.74 Å². The van der Waals surface area contributed by atoms with Crippen molar-refractivity contribution in [2.75, 3.05) is 18.1 Å². The summed E-state index contributed by atoms with van der Waals surface area (Å²) in [5, 5.41) is 3.42. The van der Waals surface area contributed by atoms with E-state index in [0.29, 0.717) is 0 Å². The number of nitrogens with zero attached hydrogens (tertiary/aromatic N) is 1. The first-order chi connectivity index (χ1) is 8.26. The third-order valence-corrected chi connectivity index (χ3v) is 3.27. The molecule has 0 saturated carbocycles. The molecule has 0 bridgehead atoms. The molecule has 0 radical (unpaired) electrons. The van der Waals surface area contributed by atoms with Crippen LogP contribution in [-0.4, -0.2) is 23.1 Å². The van der Waals surface area contributed by atoms with Crippen LogP contribution in [0.15, 0.2) is 12.1 Å². The number of hydrogen-bond acceptors (Lipinski definition) is 3. The average Bonchev–Trinajstić information content (AvgIpc) is 2.33. The van der Waals surface area contributed by atoms with Gasteiger partial charge in [-0.15, -0.1) is 0 Å². The van der Waals surface area contributed by atoms with E-state index in [-0.39, 0.29) is 0 Å². The molecule has 1 rings (SSSR count). The summed E-state index contributed by atoms with van der Waals surface area (Å²) >= 11 is 2.42. The highest BCUT2D eigenvalue weighted by Gasteiger charge is 1.99. The first kappa shape index (κ1) is 14.7. The molecule has 0 aliphatic carbocycles. The zero-order chi connectivity index (χ0) is 12.5. The number of aryl methyl sites for hydroxylation is 1. The number of halogens is 1. The number of hydrogen-bond donors (Lipinski definition) is 1. The summed E-state index contributed by atoms with van der Waals surface area (Å²) in [6, 6.07) is 3.94. The SMILES string of the molecule is COc1cc(C)nc(CNCCCCCI)c1. The zero-order valence-electron chi connectivity index (χ0n) is 10.6. The van der Waals surface area contributed by atoms with Gasteiger partial charge in [-0.05, 0) is 30.7 Å². The van der Waals surface area contributed by atoms with Gasteiger partial charge in [0.05, 0.1) is 12.8 Å². The van der Waals surface area contributed by atoms with E-state index in [0.717, 1.165) is 30.2 Å². The zero-order valence-corrected chi connectivity index (χ0v) is 12.8. The Morgan fingerprint density at radius 1 is 1.29 bits per heavy atom. The summed E-state index contributed by atoms with van der Waals surface area (Å²) in [5.74, 6) is 0.888. The Morgan fingerprint density at radius 3 is 2.82 bits per heavy atom. The van der Waals surface area contributed by atoms with Crippen LogP contribution >= 0.6 is 22.6 Å². The second-order valence-corrected chi connectivity index (χ2v) is 5.14. The molecule has 0 spiro atoms. The number of rotatable bonds is 8. The van der Waals surface area contributed by atoms with Crippen molar-refractivity contribution in [3.8, 4) is 5.75 Å². The monoisotopic (exact) mass is 348 g/mol. The molecule has 4 heteroatoms. The largest absolute Gasteiger partial charge is 0.497 e. The minimum absolute atomic E-state index is 0.822. The van der Waals surface area contributed by atoms with Gasteiger partial charge in [0, 0.05) is 24.4 Å². The van der Waals surface area contributed by atoms with Crippen molar-refractivity contribution < 1.29 is 4.74 Å². The van der Waals surface area contributed by atoms with Crippen molar-refractivity contribution in [3.05, 3.63) is 23.5 Å². The minimum Gasteiger partial charge on any atom is -0.497 e. The van der Waals surface area contributed by atoms with Crippen molar-refractivity contribution in [2.45, 2.75) is 32.7 Å². The summed E-state index contributed by atoms with van der Waals surface area (Å²) in [6.45, 7) is 3.88. The second-order valence-electron chi connectivity index (χ2n) is 4.07. The van der Waals surface area contributed by atoms with Gasteiger partial charge in [0.1, 0.15) is 5.75 Å². The first-order valence-corrected chi connectivity index (χ1v) is 7.57. The van der Waals surface area contributed by atoms with Gasteiger partial charge in [0.25, 0.3) is 0 Å². The number of unbranched alkanes of at least 4 members (excludes halogenated alkanes) is 2. The van der Waals surface area contributed by atoms with Gasteiger partial charge in [0.15, 0.2) is 0 Å². The van der Waals surface area contributed by atoms with Gasteiger partial charge in [-0.25, -0.2) is 0 Å². The van der Waals surface area contributed by atoms with Crippen LogP contribution in [0, 0.1) is 6.92 Å². The molecule has 0 amide bonds. The topological polar surface area (TPSA) is 34.1 Å². The number of aromatic nitrogens is 1. The third-order valence-electron chi connectivity index (χ3n) is 2.51. The molecule has 0 aliphatic rings. The van der Waals surface area contributed by atoms with Gasteiger partial charge in [-0.2, -0.15) is 0 Å². The van der Waals surface area contributed by atoms with E-state index in [2.05, 4.69) is 32.9 Å². The molecule has 3 nitrogen and oxygen atoms in total. The lowest BCUT2D eigenvalue weighted by atomic mass is 10.2. The molecule has 17 heavy (non-hydrogen) atoms. The fourth-order valence-corrected chi connectivity index (χ4v) is 2.19. The molecular formula is C13H21IN2O. The van der Waals surface area contributed by atoms with E-state index in [1.807, 2.05) is 19.1 Å². The Balaban J connectivity index is 2.28. The van der Waals surface area contributed by atoms with Crippen LogP contribution in [-0.2, 0) is 6.54 Å². The molecule has 1 aromatic heterocycles. The summed E-state index contributed by atoms with van der Waals surface area (Å²) in [5.41, 5.74) is 2.06. The van der Waals surface area contributed by atoms with Crippen LogP contribution in [0.2, 0.25) is 0 Å². The highest BCUT2D eigenvalue weighted by Crippen LogP contribution is 2.13. The minimum atomic E-state index is 0.822. The Bertz CT molecular complexity index is 331. The predicted molar refractivity (Wildman–Crippen MR) is 80.0 cm³/mol. The second kappa shape index (κ2) is 8.69.